The van der Waals surface area contributed by atoms with Gasteiger partial charge in [-0.15, -0.1) is 11.3 Å². The molecule has 0 spiro atoms. The third-order valence-corrected chi connectivity index (χ3v) is 4.36. The first-order valence-corrected chi connectivity index (χ1v) is 8.21. The molecule has 0 unspecified atom stereocenters. The average molecular weight is 375 g/mol. The molecule has 1 N–H and O–H groups in total. The number of thiazole rings is 1. The van der Waals surface area contributed by atoms with E-state index in [4.69, 9.17) is 0 Å². The maximum absolute atomic E-state index is 13.8. The Bertz CT molecular complexity index is 1000. The molecule has 0 saturated carbocycles. The summed E-state index contributed by atoms with van der Waals surface area (Å²) < 4.78 is 27.6. The van der Waals surface area contributed by atoms with Crippen LogP contribution in [0.5, 0.6) is 0 Å². The van der Waals surface area contributed by atoms with E-state index in [-0.39, 0.29) is 27.6 Å². The van der Waals surface area contributed by atoms with Crippen LogP contribution in [-0.4, -0.2) is 15.8 Å². The highest BCUT2D eigenvalue weighted by Crippen LogP contribution is 2.29. The molecular formula is C17H11F2N3O3S. The summed E-state index contributed by atoms with van der Waals surface area (Å²) in [5.74, 6) is -2.03. The summed E-state index contributed by atoms with van der Waals surface area (Å²) in [6.45, 7) is 1.53. The lowest BCUT2D eigenvalue weighted by atomic mass is 10.1. The normalized spacial score (nSPS) is 10.6. The average Bonchev–Trinajstić information content (AvgIpc) is 3.02. The van der Waals surface area contributed by atoms with Crippen molar-refractivity contribution in [1.29, 1.82) is 0 Å². The summed E-state index contributed by atoms with van der Waals surface area (Å²) in [7, 11) is 0. The van der Waals surface area contributed by atoms with Gasteiger partial charge in [0.2, 0.25) is 0 Å². The second-order valence-electron chi connectivity index (χ2n) is 5.35. The van der Waals surface area contributed by atoms with E-state index >= 15 is 0 Å². The number of hydrogen-bond donors (Lipinski definition) is 1. The number of rotatable bonds is 4. The Morgan fingerprint density at radius 2 is 1.92 bits per heavy atom. The molecule has 1 aromatic heterocycles. The van der Waals surface area contributed by atoms with Crippen molar-refractivity contribution in [2.75, 3.05) is 5.32 Å². The Balaban J connectivity index is 1.82. The lowest BCUT2D eigenvalue weighted by molar-refractivity contribution is -0.385. The number of nitro benzene ring substituents is 1. The molecule has 6 nitrogen and oxygen atoms in total. The number of carbonyl (C=O) groups excluding carboxylic acids is 1. The number of nitro groups is 1. The van der Waals surface area contributed by atoms with Gasteiger partial charge in [-0.2, -0.15) is 0 Å². The minimum absolute atomic E-state index is 0.0702. The number of benzene rings is 2. The monoisotopic (exact) mass is 375 g/mol. The van der Waals surface area contributed by atoms with Crippen LogP contribution in [0.25, 0.3) is 11.3 Å². The zero-order valence-electron chi connectivity index (χ0n) is 13.3. The van der Waals surface area contributed by atoms with E-state index in [2.05, 4.69) is 10.3 Å². The van der Waals surface area contributed by atoms with Crippen LogP contribution in [-0.2, 0) is 0 Å². The molecule has 132 valence electrons. The standard InChI is InChI=1S/C17H11F2N3O3S/c1-9-7-10(5-6-14(9)22(24)25)16(23)21-17-20-13(8-26-17)15-11(18)3-2-4-12(15)19/h2-8H,1H3,(H,20,21,23). The molecule has 0 saturated heterocycles. The summed E-state index contributed by atoms with van der Waals surface area (Å²) in [6, 6.07) is 7.45. The number of hydrogen-bond acceptors (Lipinski definition) is 5. The number of amides is 1. The topological polar surface area (TPSA) is 85.1 Å². The van der Waals surface area contributed by atoms with Gasteiger partial charge in [-0.05, 0) is 31.2 Å². The van der Waals surface area contributed by atoms with Crippen molar-refractivity contribution < 1.29 is 18.5 Å². The lowest BCUT2D eigenvalue weighted by Crippen LogP contribution is -2.12. The summed E-state index contributed by atoms with van der Waals surface area (Å²) in [5.41, 5.74) is 0.266. The van der Waals surface area contributed by atoms with Gasteiger partial charge in [0.05, 0.1) is 16.2 Å². The van der Waals surface area contributed by atoms with E-state index < -0.39 is 22.5 Å². The molecule has 0 bridgehead atoms. The van der Waals surface area contributed by atoms with Gasteiger partial charge in [0.1, 0.15) is 11.6 Å². The minimum Gasteiger partial charge on any atom is -0.298 e. The molecular weight excluding hydrogens is 364 g/mol. The summed E-state index contributed by atoms with van der Waals surface area (Å²) in [4.78, 5) is 26.6. The number of aryl methyl sites for hydroxylation is 1. The van der Waals surface area contributed by atoms with Crippen LogP contribution in [0.3, 0.4) is 0 Å². The highest BCUT2D eigenvalue weighted by Gasteiger charge is 2.17. The number of aromatic nitrogens is 1. The molecule has 0 fully saturated rings. The van der Waals surface area contributed by atoms with Crippen LogP contribution in [0, 0.1) is 28.7 Å². The minimum atomic E-state index is -0.751. The fourth-order valence-electron chi connectivity index (χ4n) is 2.36. The van der Waals surface area contributed by atoms with Gasteiger partial charge in [-0.3, -0.25) is 20.2 Å². The molecule has 9 heteroatoms. The molecule has 0 aliphatic rings. The predicted molar refractivity (Wildman–Crippen MR) is 93.3 cm³/mol. The van der Waals surface area contributed by atoms with Gasteiger partial charge in [0.25, 0.3) is 11.6 Å². The maximum Gasteiger partial charge on any atom is 0.272 e. The van der Waals surface area contributed by atoms with Gasteiger partial charge in [0, 0.05) is 22.6 Å². The van der Waals surface area contributed by atoms with Crippen LogP contribution in [0.4, 0.5) is 19.6 Å². The third-order valence-electron chi connectivity index (χ3n) is 3.60. The molecule has 0 radical (unpaired) electrons. The first-order chi connectivity index (χ1) is 12.4. The number of nitrogens with zero attached hydrogens (tertiary/aromatic N) is 2. The van der Waals surface area contributed by atoms with Crippen molar-refractivity contribution in [2.24, 2.45) is 0 Å². The van der Waals surface area contributed by atoms with Crippen molar-refractivity contribution in [1.82, 2.24) is 4.98 Å². The van der Waals surface area contributed by atoms with E-state index in [1.54, 1.807) is 0 Å². The number of carbonyl (C=O) groups is 1. The van der Waals surface area contributed by atoms with Gasteiger partial charge < -0.3 is 0 Å². The van der Waals surface area contributed by atoms with Gasteiger partial charge in [-0.25, -0.2) is 13.8 Å². The predicted octanol–water partition coefficient (Wildman–Crippen LogP) is 4.56. The molecule has 0 atom stereocenters. The Labute approximate surface area is 150 Å². The number of halogens is 2. The van der Waals surface area contributed by atoms with Crippen LogP contribution >= 0.6 is 11.3 Å². The highest BCUT2D eigenvalue weighted by atomic mass is 32.1. The largest absolute Gasteiger partial charge is 0.298 e. The zero-order chi connectivity index (χ0) is 18.8. The second-order valence-corrected chi connectivity index (χ2v) is 6.21. The van der Waals surface area contributed by atoms with Crippen molar-refractivity contribution in [3.05, 3.63) is 74.7 Å². The van der Waals surface area contributed by atoms with E-state index in [1.165, 1.54) is 36.6 Å². The van der Waals surface area contributed by atoms with Crippen LogP contribution in [0.15, 0.2) is 41.8 Å². The Kier molecular flexibility index (Phi) is 4.72. The van der Waals surface area contributed by atoms with Gasteiger partial charge in [-0.1, -0.05) is 6.07 Å². The Morgan fingerprint density at radius 1 is 1.23 bits per heavy atom. The van der Waals surface area contributed by atoms with Crippen LogP contribution in [0.1, 0.15) is 15.9 Å². The molecule has 3 rings (SSSR count). The maximum atomic E-state index is 13.8. The fraction of sp³-hybridized carbons (Fsp3) is 0.0588. The zero-order valence-corrected chi connectivity index (χ0v) is 14.1. The first-order valence-electron chi connectivity index (χ1n) is 7.33. The molecule has 26 heavy (non-hydrogen) atoms. The van der Waals surface area contributed by atoms with Crippen LogP contribution < -0.4 is 5.32 Å². The molecule has 0 aliphatic carbocycles. The third kappa shape index (κ3) is 3.42. The Hall–Kier alpha value is -3.20. The molecule has 1 heterocycles. The number of nitrogens with one attached hydrogen (secondary N) is 1. The number of anilines is 1. The van der Waals surface area contributed by atoms with Crippen molar-refractivity contribution in [2.45, 2.75) is 6.92 Å². The lowest BCUT2D eigenvalue weighted by Gasteiger charge is -2.04. The molecule has 3 aromatic rings. The van der Waals surface area contributed by atoms with E-state index in [9.17, 15) is 23.7 Å². The van der Waals surface area contributed by atoms with E-state index in [0.29, 0.717) is 5.56 Å². The van der Waals surface area contributed by atoms with Gasteiger partial charge >= 0.3 is 0 Å². The summed E-state index contributed by atoms with van der Waals surface area (Å²) in [6.07, 6.45) is 0. The fourth-order valence-corrected chi connectivity index (χ4v) is 3.06. The second kappa shape index (κ2) is 6.96. The SMILES string of the molecule is Cc1cc(C(=O)Nc2nc(-c3c(F)cccc3F)cs2)ccc1[N+](=O)[O-]. The van der Waals surface area contributed by atoms with Crippen LogP contribution in [0.2, 0.25) is 0 Å². The first kappa shape index (κ1) is 17.6. The summed E-state index contributed by atoms with van der Waals surface area (Å²) >= 11 is 1.01. The summed E-state index contributed by atoms with van der Waals surface area (Å²) in [5, 5.41) is 14.9. The van der Waals surface area contributed by atoms with Crippen molar-refractivity contribution in [3.8, 4) is 11.3 Å². The Morgan fingerprint density at radius 3 is 2.54 bits per heavy atom. The highest BCUT2D eigenvalue weighted by molar-refractivity contribution is 7.14. The molecule has 0 aliphatic heterocycles. The molecule has 2 aromatic carbocycles. The van der Waals surface area contributed by atoms with E-state index in [1.807, 2.05) is 0 Å². The van der Waals surface area contributed by atoms with E-state index in [0.717, 1.165) is 23.5 Å². The molecule has 1 amide bonds. The van der Waals surface area contributed by atoms with Crippen molar-refractivity contribution in [3.63, 3.8) is 0 Å². The smallest absolute Gasteiger partial charge is 0.272 e. The van der Waals surface area contributed by atoms with Crippen molar-refractivity contribution >= 4 is 28.1 Å². The van der Waals surface area contributed by atoms with Gasteiger partial charge in [0.15, 0.2) is 5.13 Å². The quantitative estimate of drug-likeness (QED) is 0.535.